The van der Waals surface area contributed by atoms with E-state index in [1.165, 1.54) is 0 Å². The average molecular weight is 379 g/mol. The fourth-order valence-electron chi connectivity index (χ4n) is 2.72. The van der Waals surface area contributed by atoms with Gasteiger partial charge in [0, 0.05) is 29.2 Å². The molecule has 1 N–H and O–H groups in total. The zero-order valence-electron chi connectivity index (χ0n) is 12.9. The van der Waals surface area contributed by atoms with Gasteiger partial charge in [0.1, 0.15) is 0 Å². The highest BCUT2D eigenvalue weighted by molar-refractivity contribution is 7.91. The van der Waals surface area contributed by atoms with Crippen LogP contribution in [0.4, 0.5) is 4.79 Å². The average Bonchev–Trinajstić information content (AvgIpc) is 2.82. The van der Waals surface area contributed by atoms with Gasteiger partial charge in [0.25, 0.3) is 0 Å². The number of urea groups is 1. The van der Waals surface area contributed by atoms with Crippen LogP contribution >= 0.6 is 23.2 Å². The standard InChI is InChI=1S/C15H20Cl2N2O3S/c1-2-19(13-6-8-23(21,22)10-13)15(20)18-7-5-11-3-4-12(16)9-14(11)17/h3-4,9,13H,2,5-8,10H2,1H3,(H,18,20). The molecule has 0 aliphatic carbocycles. The number of nitrogens with zero attached hydrogens (tertiary/aromatic N) is 1. The Hall–Kier alpha value is -0.980. The maximum atomic E-state index is 12.3. The van der Waals surface area contributed by atoms with Gasteiger partial charge in [0.2, 0.25) is 0 Å². The van der Waals surface area contributed by atoms with Gasteiger partial charge in [-0.15, -0.1) is 0 Å². The first-order valence-corrected chi connectivity index (χ1v) is 10.1. The summed E-state index contributed by atoms with van der Waals surface area (Å²) in [5.41, 5.74) is 0.905. The third-order valence-corrected chi connectivity index (χ3v) is 6.27. The van der Waals surface area contributed by atoms with Crippen LogP contribution in [0.15, 0.2) is 18.2 Å². The van der Waals surface area contributed by atoms with Gasteiger partial charge in [0.15, 0.2) is 9.84 Å². The van der Waals surface area contributed by atoms with Crippen molar-refractivity contribution in [3.63, 3.8) is 0 Å². The molecule has 0 bridgehead atoms. The minimum absolute atomic E-state index is 0.0528. The van der Waals surface area contributed by atoms with Crippen molar-refractivity contribution < 1.29 is 13.2 Å². The first-order valence-electron chi connectivity index (χ1n) is 7.51. The van der Waals surface area contributed by atoms with Gasteiger partial charge in [-0.3, -0.25) is 0 Å². The van der Waals surface area contributed by atoms with Gasteiger partial charge in [-0.05, 0) is 37.5 Å². The fraction of sp³-hybridized carbons (Fsp3) is 0.533. The molecule has 1 aromatic rings. The summed E-state index contributed by atoms with van der Waals surface area (Å²) < 4.78 is 23.1. The molecule has 5 nitrogen and oxygen atoms in total. The lowest BCUT2D eigenvalue weighted by molar-refractivity contribution is 0.184. The van der Waals surface area contributed by atoms with Gasteiger partial charge in [0.05, 0.1) is 11.5 Å². The van der Waals surface area contributed by atoms with Crippen LogP contribution in [0.3, 0.4) is 0 Å². The molecule has 0 spiro atoms. The highest BCUT2D eigenvalue weighted by Gasteiger charge is 2.33. The lowest BCUT2D eigenvalue weighted by Crippen LogP contribution is -2.47. The minimum Gasteiger partial charge on any atom is -0.338 e. The van der Waals surface area contributed by atoms with Gasteiger partial charge in [-0.1, -0.05) is 29.3 Å². The van der Waals surface area contributed by atoms with Gasteiger partial charge >= 0.3 is 6.03 Å². The zero-order chi connectivity index (χ0) is 17.0. The molecule has 1 aliphatic rings. The Morgan fingerprint density at radius 3 is 2.70 bits per heavy atom. The number of sulfone groups is 1. The first-order chi connectivity index (χ1) is 10.8. The van der Waals surface area contributed by atoms with Crippen LogP contribution in [0, 0.1) is 0 Å². The molecule has 0 radical (unpaired) electrons. The molecule has 1 saturated heterocycles. The van der Waals surface area contributed by atoms with E-state index in [0.29, 0.717) is 36.0 Å². The summed E-state index contributed by atoms with van der Waals surface area (Å²) in [7, 11) is -3.01. The molecule has 23 heavy (non-hydrogen) atoms. The van der Waals surface area contributed by atoms with Crippen molar-refractivity contribution in [1.82, 2.24) is 10.2 Å². The molecule has 8 heteroatoms. The van der Waals surface area contributed by atoms with E-state index >= 15 is 0 Å². The molecule has 1 unspecified atom stereocenters. The predicted molar refractivity (Wildman–Crippen MR) is 93.0 cm³/mol. The molecule has 1 atom stereocenters. The summed E-state index contributed by atoms with van der Waals surface area (Å²) >= 11 is 11.9. The van der Waals surface area contributed by atoms with E-state index in [4.69, 9.17) is 23.2 Å². The molecule has 2 rings (SSSR count). The van der Waals surface area contributed by atoms with Crippen molar-refractivity contribution in [1.29, 1.82) is 0 Å². The van der Waals surface area contributed by atoms with Crippen molar-refractivity contribution in [2.24, 2.45) is 0 Å². The maximum absolute atomic E-state index is 12.3. The Morgan fingerprint density at radius 2 is 2.13 bits per heavy atom. The van der Waals surface area contributed by atoms with Crippen molar-refractivity contribution >= 4 is 39.1 Å². The van der Waals surface area contributed by atoms with Crippen LogP contribution in [0.1, 0.15) is 18.9 Å². The second kappa shape index (κ2) is 7.73. The number of carbonyl (C=O) groups is 1. The van der Waals surface area contributed by atoms with E-state index in [1.807, 2.05) is 13.0 Å². The predicted octanol–water partition coefficient (Wildman–Crippen LogP) is 2.75. The number of amides is 2. The van der Waals surface area contributed by atoms with Crippen LogP contribution in [0.5, 0.6) is 0 Å². The van der Waals surface area contributed by atoms with Crippen LogP contribution in [-0.4, -0.2) is 50.0 Å². The maximum Gasteiger partial charge on any atom is 0.317 e. The summed E-state index contributed by atoms with van der Waals surface area (Å²) in [6, 6.07) is 4.79. The molecular formula is C15H20Cl2N2O3S. The smallest absolute Gasteiger partial charge is 0.317 e. The fourth-order valence-corrected chi connectivity index (χ4v) is 4.95. The van der Waals surface area contributed by atoms with Crippen molar-refractivity contribution in [3.05, 3.63) is 33.8 Å². The Bertz CT molecular complexity index is 679. The molecule has 0 saturated carbocycles. The lowest BCUT2D eigenvalue weighted by Gasteiger charge is -2.27. The number of hydrogen-bond donors (Lipinski definition) is 1. The molecule has 1 aromatic carbocycles. The second-order valence-corrected chi connectivity index (χ2v) is 8.63. The Morgan fingerprint density at radius 1 is 1.39 bits per heavy atom. The topological polar surface area (TPSA) is 66.5 Å². The highest BCUT2D eigenvalue weighted by atomic mass is 35.5. The molecule has 2 amide bonds. The van der Waals surface area contributed by atoms with Crippen LogP contribution in [-0.2, 0) is 16.3 Å². The number of halogens is 2. The molecule has 1 heterocycles. The van der Waals surface area contributed by atoms with Crippen molar-refractivity contribution in [2.75, 3.05) is 24.6 Å². The van der Waals surface area contributed by atoms with Crippen LogP contribution < -0.4 is 5.32 Å². The monoisotopic (exact) mass is 378 g/mol. The van der Waals surface area contributed by atoms with E-state index in [9.17, 15) is 13.2 Å². The third kappa shape index (κ3) is 4.99. The number of nitrogens with one attached hydrogen (secondary N) is 1. The van der Waals surface area contributed by atoms with E-state index < -0.39 is 9.84 Å². The van der Waals surface area contributed by atoms with Gasteiger partial charge < -0.3 is 10.2 Å². The third-order valence-electron chi connectivity index (χ3n) is 3.94. The van der Waals surface area contributed by atoms with Crippen molar-refractivity contribution in [3.8, 4) is 0 Å². The van der Waals surface area contributed by atoms with E-state index in [-0.39, 0.29) is 23.6 Å². The Labute approximate surface area is 146 Å². The van der Waals surface area contributed by atoms with E-state index in [0.717, 1.165) is 5.56 Å². The van der Waals surface area contributed by atoms with E-state index in [1.54, 1.807) is 17.0 Å². The SMILES string of the molecule is CCN(C(=O)NCCc1ccc(Cl)cc1Cl)C1CCS(=O)(=O)C1. The summed E-state index contributed by atoms with van der Waals surface area (Å²) in [6.45, 7) is 2.75. The molecule has 128 valence electrons. The van der Waals surface area contributed by atoms with Gasteiger partial charge in [-0.25, -0.2) is 13.2 Å². The summed E-state index contributed by atoms with van der Waals surface area (Å²) in [5.74, 6) is 0.207. The number of hydrogen-bond acceptors (Lipinski definition) is 3. The van der Waals surface area contributed by atoms with Crippen LogP contribution in [0.25, 0.3) is 0 Å². The quantitative estimate of drug-likeness (QED) is 0.856. The Kier molecular flexibility index (Phi) is 6.17. The Balaban J connectivity index is 1.88. The first kappa shape index (κ1) is 18.4. The normalized spacial score (nSPS) is 19.5. The number of rotatable bonds is 5. The summed E-state index contributed by atoms with van der Waals surface area (Å²) in [6.07, 6.45) is 1.09. The van der Waals surface area contributed by atoms with E-state index in [2.05, 4.69) is 5.32 Å². The van der Waals surface area contributed by atoms with Crippen LogP contribution in [0.2, 0.25) is 10.0 Å². The number of carbonyl (C=O) groups excluding carboxylic acids is 1. The van der Waals surface area contributed by atoms with Crippen molar-refractivity contribution in [2.45, 2.75) is 25.8 Å². The molecular weight excluding hydrogens is 359 g/mol. The zero-order valence-corrected chi connectivity index (χ0v) is 15.2. The highest BCUT2D eigenvalue weighted by Crippen LogP contribution is 2.21. The second-order valence-electron chi connectivity index (χ2n) is 5.56. The molecule has 1 fully saturated rings. The van der Waals surface area contributed by atoms with Gasteiger partial charge in [-0.2, -0.15) is 0 Å². The summed E-state index contributed by atoms with van der Waals surface area (Å²) in [4.78, 5) is 13.9. The largest absolute Gasteiger partial charge is 0.338 e. The molecule has 0 aromatic heterocycles. The molecule has 1 aliphatic heterocycles. The number of benzene rings is 1. The lowest BCUT2D eigenvalue weighted by atomic mass is 10.1. The summed E-state index contributed by atoms with van der Waals surface area (Å²) in [5, 5.41) is 3.97. The minimum atomic E-state index is -3.01.